The summed E-state index contributed by atoms with van der Waals surface area (Å²) in [6.45, 7) is 1.84. The Bertz CT molecular complexity index is 548. The van der Waals surface area contributed by atoms with E-state index in [1.165, 1.54) is 12.1 Å². The molecule has 0 saturated heterocycles. The predicted octanol–water partition coefficient (Wildman–Crippen LogP) is 2.77. The van der Waals surface area contributed by atoms with Gasteiger partial charge in [-0.1, -0.05) is 11.6 Å². The van der Waals surface area contributed by atoms with Gasteiger partial charge in [0.05, 0.1) is 10.7 Å². The number of nitrogen functional groups attached to an aromatic ring is 1. The fourth-order valence-electron chi connectivity index (χ4n) is 1.70. The van der Waals surface area contributed by atoms with Crippen LogP contribution in [0, 0.1) is 12.7 Å². The monoisotopic (exact) mass is 239 g/mol. The van der Waals surface area contributed by atoms with E-state index in [0.29, 0.717) is 16.4 Å². The molecule has 0 spiro atoms. The zero-order valence-corrected chi connectivity index (χ0v) is 9.72. The minimum absolute atomic E-state index is 0.336. The molecule has 2 aromatic rings. The van der Waals surface area contributed by atoms with Gasteiger partial charge < -0.3 is 5.73 Å². The van der Waals surface area contributed by atoms with Crippen LogP contribution in [0.3, 0.4) is 0 Å². The first-order valence-electron chi connectivity index (χ1n) is 4.75. The van der Waals surface area contributed by atoms with Crippen LogP contribution in [-0.2, 0) is 7.05 Å². The molecule has 0 unspecified atom stereocenters. The Labute approximate surface area is 97.6 Å². The van der Waals surface area contributed by atoms with Crippen molar-refractivity contribution < 1.29 is 4.39 Å². The van der Waals surface area contributed by atoms with Crippen LogP contribution < -0.4 is 5.73 Å². The molecular formula is C11H11ClFN3. The molecule has 0 saturated carbocycles. The first-order valence-corrected chi connectivity index (χ1v) is 5.13. The van der Waals surface area contributed by atoms with Crippen molar-refractivity contribution in [2.24, 2.45) is 7.05 Å². The fourth-order valence-corrected chi connectivity index (χ4v) is 1.96. The SMILES string of the molecule is Cc1nn(C)c(N)c1-c1ccc(F)cc1Cl. The topological polar surface area (TPSA) is 43.8 Å². The number of hydrogen-bond donors (Lipinski definition) is 1. The second kappa shape index (κ2) is 3.79. The van der Waals surface area contributed by atoms with Crippen LogP contribution in [0.5, 0.6) is 0 Å². The van der Waals surface area contributed by atoms with E-state index >= 15 is 0 Å². The van der Waals surface area contributed by atoms with Crippen molar-refractivity contribution in [3.8, 4) is 11.1 Å². The van der Waals surface area contributed by atoms with Gasteiger partial charge in [0.15, 0.2) is 0 Å². The lowest BCUT2D eigenvalue weighted by Gasteiger charge is -2.04. The maximum Gasteiger partial charge on any atom is 0.129 e. The van der Waals surface area contributed by atoms with Gasteiger partial charge in [-0.15, -0.1) is 0 Å². The molecule has 0 aliphatic carbocycles. The molecule has 1 aromatic carbocycles. The summed E-state index contributed by atoms with van der Waals surface area (Å²) in [6.07, 6.45) is 0. The molecule has 5 heteroatoms. The predicted molar refractivity (Wildman–Crippen MR) is 62.8 cm³/mol. The smallest absolute Gasteiger partial charge is 0.129 e. The van der Waals surface area contributed by atoms with Gasteiger partial charge in [0.25, 0.3) is 0 Å². The standard InChI is InChI=1S/C11H11ClFN3/c1-6-10(11(14)16(2)15-6)8-4-3-7(13)5-9(8)12/h3-5H,14H2,1-2H3. The second-order valence-electron chi connectivity index (χ2n) is 3.59. The molecular weight excluding hydrogens is 229 g/mol. The summed E-state index contributed by atoms with van der Waals surface area (Å²) in [7, 11) is 1.75. The van der Waals surface area contributed by atoms with E-state index < -0.39 is 0 Å². The largest absolute Gasteiger partial charge is 0.383 e. The third-order valence-electron chi connectivity index (χ3n) is 2.47. The van der Waals surface area contributed by atoms with E-state index in [0.717, 1.165) is 11.3 Å². The van der Waals surface area contributed by atoms with Crippen LogP contribution >= 0.6 is 11.6 Å². The zero-order chi connectivity index (χ0) is 11.9. The summed E-state index contributed by atoms with van der Waals surface area (Å²) < 4.78 is 14.5. The number of nitrogens with zero attached hydrogens (tertiary/aromatic N) is 2. The molecule has 0 radical (unpaired) electrons. The Kier molecular flexibility index (Phi) is 2.59. The quantitative estimate of drug-likeness (QED) is 0.832. The minimum atomic E-state index is -0.367. The number of rotatable bonds is 1. The third-order valence-corrected chi connectivity index (χ3v) is 2.78. The third kappa shape index (κ3) is 1.65. The highest BCUT2D eigenvalue weighted by molar-refractivity contribution is 6.33. The van der Waals surface area contributed by atoms with Crippen LogP contribution in [0.4, 0.5) is 10.2 Å². The summed E-state index contributed by atoms with van der Waals surface area (Å²) >= 11 is 5.98. The van der Waals surface area contributed by atoms with Gasteiger partial charge >= 0.3 is 0 Å². The van der Waals surface area contributed by atoms with Gasteiger partial charge in [-0.2, -0.15) is 5.10 Å². The lowest BCUT2D eigenvalue weighted by atomic mass is 10.1. The molecule has 2 rings (SSSR count). The Morgan fingerprint density at radius 3 is 2.62 bits per heavy atom. The van der Waals surface area contributed by atoms with Gasteiger partial charge in [-0.05, 0) is 25.1 Å². The lowest BCUT2D eigenvalue weighted by molar-refractivity contribution is 0.628. The molecule has 84 valence electrons. The van der Waals surface area contributed by atoms with Gasteiger partial charge in [0.2, 0.25) is 0 Å². The average molecular weight is 240 g/mol. The van der Waals surface area contributed by atoms with Gasteiger partial charge in [-0.25, -0.2) is 4.39 Å². The van der Waals surface area contributed by atoms with Crippen molar-refractivity contribution in [3.05, 3.63) is 34.7 Å². The van der Waals surface area contributed by atoms with E-state index in [4.69, 9.17) is 17.3 Å². The molecule has 0 aliphatic heterocycles. The first kappa shape index (κ1) is 11.0. The van der Waals surface area contributed by atoms with Crippen molar-refractivity contribution in [2.45, 2.75) is 6.92 Å². The number of aromatic nitrogens is 2. The minimum Gasteiger partial charge on any atom is -0.383 e. The molecule has 0 bridgehead atoms. The number of hydrogen-bond acceptors (Lipinski definition) is 2. The highest BCUT2D eigenvalue weighted by Gasteiger charge is 2.15. The highest BCUT2D eigenvalue weighted by atomic mass is 35.5. The second-order valence-corrected chi connectivity index (χ2v) is 4.00. The summed E-state index contributed by atoms with van der Waals surface area (Å²) in [4.78, 5) is 0. The molecule has 0 aliphatic rings. The van der Waals surface area contributed by atoms with Crippen LogP contribution in [0.1, 0.15) is 5.69 Å². The van der Waals surface area contributed by atoms with E-state index in [-0.39, 0.29) is 5.82 Å². The van der Waals surface area contributed by atoms with Gasteiger partial charge in [-0.3, -0.25) is 4.68 Å². The van der Waals surface area contributed by atoms with Crippen molar-refractivity contribution in [1.82, 2.24) is 9.78 Å². The van der Waals surface area contributed by atoms with Crippen molar-refractivity contribution in [1.29, 1.82) is 0 Å². The van der Waals surface area contributed by atoms with Gasteiger partial charge in [0, 0.05) is 18.2 Å². The Morgan fingerprint density at radius 1 is 1.44 bits per heavy atom. The number of anilines is 1. The first-order chi connectivity index (χ1) is 7.50. The van der Waals surface area contributed by atoms with Gasteiger partial charge in [0.1, 0.15) is 11.6 Å². The average Bonchev–Trinajstić information content (AvgIpc) is 2.43. The van der Waals surface area contributed by atoms with Crippen molar-refractivity contribution in [3.63, 3.8) is 0 Å². The maximum absolute atomic E-state index is 12.9. The molecule has 16 heavy (non-hydrogen) atoms. The summed E-state index contributed by atoms with van der Waals surface area (Å²) in [5.41, 5.74) is 8.12. The van der Waals surface area contributed by atoms with Crippen LogP contribution in [-0.4, -0.2) is 9.78 Å². The van der Waals surface area contributed by atoms with E-state index in [9.17, 15) is 4.39 Å². The molecule has 0 fully saturated rings. The van der Waals surface area contributed by atoms with Crippen LogP contribution in [0.2, 0.25) is 5.02 Å². The summed E-state index contributed by atoms with van der Waals surface area (Å²) in [6, 6.07) is 4.23. The molecule has 3 nitrogen and oxygen atoms in total. The number of aryl methyl sites for hydroxylation is 2. The fraction of sp³-hybridized carbons (Fsp3) is 0.182. The van der Waals surface area contributed by atoms with Crippen molar-refractivity contribution >= 4 is 17.4 Å². The van der Waals surface area contributed by atoms with Crippen LogP contribution in [0.25, 0.3) is 11.1 Å². The maximum atomic E-state index is 12.9. The van der Waals surface area contributed by atoms with Crippen molar-refractivity contribution in [2.75, 3.05) is 5.73 Å². The molecule has 0 atom stereocenters. The number of nitrogens with two attached hydrogens (primary N) is 1. The Morgan fingerprint density at radius 2 is 2.12 bits per heavy atom. The molecule has 1 aromatic heterocycles. The van der Waals surface area contributed by atoms with Crippen LogP contribution in [0.15, 0.2) is 18.2 Å². The molecule has 0 amide bonds. The molecule has 2 N–H and O–H groups in total. The normalized spacial score (nSPS) is 10.8. The summed E-state index contributed by atoms with van der Waals surface area (Å²) in [5.74, 6) is 0.153. The molecule has 1 heterocycles. The lowest BCUT2D eigenvalue weighted by Crippen LogP contribution is -1.98. The highest BCUT2D eigenvalue weighted by Crippen LogP contribution is 2.34. The van der Waals surface area contributed by atoms with E-state index in [1.807, 2.05) is 6.92 Å². The zero-order valence-electron chi connectivity index (χ0n) is 8.96. The Hall–Kier alpha value is -1.55. The van der Waals surface area contributed by atoms with E-state index in [2.05, 4.69) is 5.10 Å². The summed E-state index contributed by atoms with van der Waals surface area (Å²) in [5, 5.41) is 4.53. The number of benzene rings is 1. The van der Waals surface area contributed by atoms with E-state index in [1.54, 1.807) is 17.8 Å². The Balaban J connectivity index is 2.67. The number of halogens is 2.